The molecule has 0 amide bonds. The van der Waals surface area contributed by atoms with Gasteiger partial charge in [0.1, 0.15) is 0 Å². The summed E-state index contributed by atoms with van der Waals surface area (Å²) >= 11 is 6.31. The van der Waals surface area contributed by atoms with Crippen LogP contribution >= 0.6 is 11.6 Å². The normalized spacial score (nSPS) is 20.2. The van der Waals surface area contributed by atoms with Gasteiger partial charge in [0.15, 0.2) is 0 Å². The summed E-state index contributed by atoms with van der Waals surface area (Å²) in [5.74, 6) is 0.650. The SMILES string of the molecule is CCC(C)[C@H](c1ccc(C)c(Cl)c1)N1CCNCC1. The average molecular weight is 281 g/mol. The Kier molecular flexibility index (Phi) is 5.26. The van der Waals surface area contributed by atoms with Gasteiger partial charge >= 0.3 is 0 Å². The zero-order chi connectivity index (χ0) is 13.8. The third-order valence-electron chi connectivity index (χ3n) is 4.27. The Morgan fingerprint density at radius 1 is 1.32 bits per heavy atom. The number of rotatable bonds is 4. The number of nitrogens with zero attached hydrogens (tertiary/aromatic N) is 1. The fourth-order valence-corrected chi connectivity index (χ4v) is 3.06. The first-order valence-corrected chi connectivity index (χ1v) is 7.72. The van der Waals surface area contributed by atoms with E-state index in [-0.39, 0.29) is 0 Å². The highest BCUT2D eigenvalue weighted by atomic mass is 35.5. The summed E-state index contributed by atoms with van der Waals surface area (Å²) in [5.41, 5.74) is 2.53. The molecule has 2 nitrogen and oxygen atoms in total. The molecule has 1 fully saturated rings. The number of hydrogen-bond acceptors (Lipinski definition) is 2. The van der Waals surface area contributed by atoms with Gasteiger partial charge in [-0.1, -0.05) is 44.0 Å². The zero-order valence-corrected chi connectivity index (χ0v) is 13.0. The molecule has 1 unspecified atom stereocenters. The van der Waals surface area contributed by atoms with Gasteiger partial charge in [0, 0.05) is 37.2 Å². The van der Waals surface area contributed by atoms with Gasteiger partial charge in [-0.15, -0.1) is 0 Å². The van der Waals surface area contributed by atoms with Crippen LogP contribution in [0.1, 0.15) is 37.4 Å². The fourth-order valence-electron chi connectivity index (χ4n) is 2.88. The molecule has 1 heterocycles. The molecular formula is C16H25ClN2. The first-order chi connectivity index (χ1) is 9.13. The lowest BCUT2D eigenvalue weighted by atomic mass is 9.90. The van der Waals surface area contributed by atoms with Crippen LogP contribution in [0.5, 0.6) is 0 Å². The van der Waals surface area contributed by atoms with Gasteiger partial charge in [0.2, 0.25) is 0 Å². The van der Waals surface area contributed by atoms with Crippen molar-refractivity contribution in [1.29, 1.82) is 0 Å². The molecule has 0 aliphatic carbocycles. The van der Waals surface area contributed by atoms with Gasteiger partial charge in [0.05, 0.1) is 0 Å². The molecule has 0 bridgehead atoms. The summed E-state index contributed by atoms with van der Waals surface area (Å²) in [7, 11) is 0. The molecule has 1 aromatic rings. The van der Waals surface area contributed by atoms with Crippen LogP contribution in [-0.4, -0.2) is 31.1 Å². The molecule has 1 saturated heterocycles. The molecule has 3 heteroatoms. The molecule has 0 radical (unpaired) electrons. The lowest BCUT2D eigenvalue weighted by Gasteiger charge is -2.38. The molecule has 19 heavy (non-hydrogen) atoms. The van der Waals surface area contributed by atoms with E-state index < -0.39 is 0 Å². The highest BCUT2D eigenvalue weighted by Crippen LogP contribution is 2.33. The molecule has 1 aromatic carbocycles. The van der Waals surface area contributed by atoms with E-state index in [0.717, 1.165) is 36.8 Å². The monoisotopic (exact) mass is 280 g/mol. The van der Waals surface area contributed by atoms with Crippen LogP contribution < -0.4 is 5.32 Å². The second kappa shape index (κ2) is 6.74. The predicted octanol–water partition coefficient (Wildman–Crippen LogP) is 3.64. The van der Waals surface area contributed by atoms with E-state index in [1.165, 1.54) is 12.0 Å². The molecule has 0 aromatic heterocycles. The Morgan fingerprint density at radius 2 is 2.00 bits per heavy atom. The maximum Gasteiger partial charge on any atom is 0.0438 e. The average Bonchev–Trinajstić information content (AvgIpc) is 2.44. The van der Waals surface area contributed by atoms with Crippen LogP contribution in [0.3, 0.4) is 0 Å². The summed E-state index contributed by atoms with van der Waals surface area (Å²) in [4.78, 5) is 2.60. The number of aryl methyl sites for hydroxylation is 1. The van der Waals surface area contributed by atoms with Crippen molar-refractivity contribution in [2.45, 2.75) is 33.2 Å². The van der Waals surface area contributed by atoms with Crippen molar-refractivity contribution in [3.05, 3.63) is 34.3 Å². The molecule has 1 aliphatic rings. The van der Waals surface area contributed by atoms with Crippen molar-refractivity contribution in [3.8, 4) is 0 Å². The molecule has 1 aliphatic heterocycles. The number of nitrogens with one attached hydrogen (secondary N) is 1. The Bertz CT molecular complexity index is 413. The van der Waals surface area contributed by atoms with Crippen molar-refractivity contribution >= 4 is 11.6 Å². The van der Waals surface area contributed by atoms with Gasteiger partial charge in [-0.2, -0.15) is 0 Å². The van der Waals surface area contributed by atoms with Crippen LogP contribution in [0.4, 0.5) is 0 Å². The summed E-state index contributed by atoms with van der Waals surface area (Å²) in [6.45, 7) is 11.1. The zero-order valence-electron chi connectivity index (χ0n) is 12.2. The summed E-state index contributed by atoms with van der Waals surface area (Å²) in [6, 6.07) is 7.05. The van der Waals surface area contributed by atoms with E-state index in [0.29, 0.717) is 12.0 Å². The molecular weight excluding hydrogens is 256 g/mol. The van der Waals surface area contributed by atoms with Crippen LogP contribution in [0, 0.1) is 12.8 Å². The Labute approximate surface area is 122 Å². The number of benzene rings is 1. The summed E-state index contributed by atoms with van der Waals surface area (Å²) in [6.07, 6.45) is 1.19. The molecule has 0 saturated carbocycles. The number of halogens is 1. The predicted molar refractivity (Wildman–Crippen MR) is 82.8 cm³/mol. The minimum Gasteiger partial charge on any atom is -0.314 e. The molecule has 1 N–H and O–H groups in total. The van der Waals surface area contributed by atoms with Crippen molar-refractivity contribution in [2.75, 3.05) is 26.2 Å². The Morgan fingerprint density at radius 3 is 2.58 bits per heavy atom. The van der Waals surface area contributed by atoms with Gasteiger partial charge < -0.3 is 5.32 Å². The quantitative estimate of drug-likeness (QED) is 0.906. The summed E-state index contributed by atoms with van der Waals surface area (Å²) < 4.78 is 0. The van der Waals surface area contributed by atoms with Gasteiger partial charge in [0.25, 0.3) is 0 Å². The van der Waals surface area contributed by atoms with E-state index in [1.807, 2.05) is 0 Å². The Hall–Kier alpha value is -0.570. The van der Waals surface area contributed by atoms with E-state index in [2.05, 4.69) is 49.2 Å². The van der Waals surface area contributed by atoms with Gasteiger partial charge in [-0.3, -0.25) is 4.90 Å². The van der Waals surface area contributed by atoms with Crippen LogP contribution in [0.2, 0.25) is 5.02 Å². The Balaban J connectivity index is 2.27. The van der Waals surface area contributed by atoms with E-state index in [1.54, 1.807) is 0 Å². The first-order valence-electron chi connectivity index (χ1n) is 7.34. The standard InChI is InChI=1S/C16H25ClN2/c1-4-12(2)16(19-9-7-18-8-10-19)14-6-5-13(3)15(17)11-14/h5-6,11-12,16,18H,4,7-10H2,1-3H3/t12?,16-/m1/s1. The second-order valence-corrected chi connectivity index (χ2v) is 6.03. The summed E-state index contributed by atoms with van der Waals surface area (Å²) in [5, 5.41) is 4.32. The minimum atomic E-state index is 0.491. The van der Waals surface area contributed by atoms with Crippen LogP contribution in [0.15, 0.2) is 18.2 Å². The molecule has 2 atom stereocenters. The van der Waals surface area contributed by atoms with Gasteiger partial charge in [-0.25, -0.2) is 0 Å². The second-order valence-electron chi connectivity index (χ2n) is 5.62. The van der Waals surface area contributed by atoms with E-state index >= 15 is 0 Å². The largest absolute Gasteiger partial charge is 0.314 e. The van der Waals surface area contributed by atoms with Crippen molar-refractivity contribution in [3.63, 3.8) is 0 Å². The minimum absolute atomic E-state index is 0.491. The molecule has 106 valence electrons. The fraction of sp³-hybridized carbons (Fsp3) is 0.625. The molecule has 0 spiro atoms. The highest BCUT2D eigenvalue weighted by molar-refractivity contribution is 6.31. The maximum atomic E-state index is 6.31. The van der Waals surface area contributed by atoms with Crippen LogP contribution in [-0.2, 0) is 0 Å². The highest BCUT2D eigenvalue weighted by Gasteiger charge is 2.26. The maximum absolute atomic E-state index is 6.31. The number of piperazine rings is 1. The molecule has 2 rings (SSSR count). The number of hydrogen-bond donors (Lipinski definition) is 1. The van der Waals surface area contributed by atoms with E-state index in [4.69, 9.17) is 11.6 Å². The van der Waals surface area contributed by atoms with Crippen molar-refractivity contribution < 1.29 is 0 Å². The lowest BCUT2D eigenvalue weighted by Crippen LogP contribution is -2.46. The third-order valence-corrected chi connectivity index (χ3v) is 4.67. The smallest absolute Gasteiger partial charge is 0.0438 e. The van der Waals surface area contributed by atoms with Gasteiger partial charge in [-0.05, 0) is 30.0 Å². The van der Waals surface area contributed by atoms with Crippen molar-refractivity contribution in [1.82, 2.24) is 10.2 Å². The lowest BCUT2D eigenvalue weighted by molar-refractivity contribution is 0.128. The first kappa shape index (κ1) is 14.8. The third kappa shape index (κ3) is 3.50. The van der Waals surface area contributed by atoms with E-state index in [9.17, 15) is 0 Å². The topological polar surface area (TPSA) is 15.3 Å². The van der Waals surface area contributed by atoms with Crippen molar-refractivity contribution in [2.24, 2.45) is 5.92 Å². The van der Waals surface area contributed by atoms with Crippen LogP contribution in [0.25, 0.3) is 0 Å².